The first-order valence-electron chi connectivity index (χ1n) is 5.76. The summed E-state index contributed by atoms with van der Waals surface area (Å²) in [6.45, 7) is 5.31. The maximum absolute atomic E-state index is 4.47. The summed E-state index contributed by atoms with van der Waals surface area (Å²) in [7, 11) is 0. The number of nitrogens with zero attached hydrogens (tertiary/aromatic N) is 2. The number of benzene rings is 1. The van der Waals surface area contributed by atoms with E-state index in [-0.39, 0.29) is 0 Å². The van der Waals surface area contributed by atoms with Gasteiger partial charge in [-0.25, -0.2) is 0 Å². The summed E-state index contributed by atoms with van der Waals surface area (Å²) in [5, 5.41) is 4.66. The molecule has 1 aliphatic rings. The molecular formula is C13H15N3. The molecule has 0 bridgehead atoms. The first-order chi connectivity index (χ1) is 7.90. The molecule has 1 aromatic heterocycles. The van der Waals surface area contributed by atoms with Gasteiger partial charge in [-0.3, -0.25) is 4.98 Å². The maximum atomic E-state index is 4.47. The van der Waals surface area contributed by atoms with Crippen molar-refractivity contribution in [2.75, 3.05) is 29.9 Å². The molecule has 0 radical (unpaired) electrons. The van der Waals surface area contributed by atoms with Gasteiger partial charge in [-0.15, -0.1) is 0 Å². The van der Waals surface area contributed by atoms with Crippen LogP contribution in [0.2, 0.25) is 0 Å². The number of nitrogens with one attached hydrogen (secondary N) is 1. The summed E-state index contributed by atoms with van der Waals surface area (Å²) >= 11 is 0. The van der Waals surface area contributed by atoms with E-state index in [1.165, 1.54) is 11.1 Å². The number of likely N-dealkylation sites (N-methyl/N-ethyl adjacent to an activating group) is 1. The highest BCUT2D eigenvalue weighted by Gasteiger charge is 2.17. The van der Waals surface area contributed by atoms with Crippen LogP contribution in [0.1, 0.15) is 6.92 Å². The number of para-hydroxylation sites is 1. The fourth-order valence-electron chi connectivity index (χ4n) is 2.35. The Bertz CT molecular complexity index is 522. The second-order valence-electron chi connectivity index (χ2n) is 4.04. The molecule has 2 heterocycles. The summed E-state index contributed by atoms with van der Waals surface area (Å²) in [5.41, 5.74) is 3.54. The quantitative estimate of drug-likeness (QED) is 0.788. The number of rotatable bonds is 1. The predicted octanol–water partition coefficient (Wildman–Crippen LogP) is 2.49. The van der Waals surface area contributed by atoms with Crippen molar-refractivity contribution in [3.63, 3.8) is 0 Å². The lowest BCUT2D eigenvalue weighted by molar-refractivity contribution is 0.817. The molecule has 3 rings (SSSR count). The third kappa shape index (κ3) is 1.32. The fraction of sp³-hybridized carbons (Fsp3) is 0.308. The van der Waals surface area contributed by atoms with Gasteiger partial charge in [-0.1, -0.05) is 18.2 Å². The van der Waals surface area contributed by atoms with Gasteiger partial charge < -0.3 is 10.2 Å². The van der Waals surface area contributed by atoms with E-state index in [4.69, 9.17) is 0 Å². The minimum Gasteiger partial charge on any atom is -0.380 e. The van der Waals surface area contributed by atoms with Gasteiger partial charge in [0.15, 0.2) is 0 Å². The van der Waals surface area contributed by atoms with Crippen LogP contribution in [-0.2, 0) is 0 Å². The summed E-state index contributed by atoms with van der Waals surface area (Å²) < 4.78 is 0. The van der Waals surface area contributed by atoms with Crippen LogP contribution in [0.4, 0.5) is 11.4 Å². The van der Waals surface area contributed by atoms with Gasteiger partial charge in [0.25, 0.3) is 0 Å². The standard InChI is InChI=1S/C13H15N3/c1-2-16-8-7-14-12-9-15-11-6-4-3-5-10(11)13(12)16/h3-6,9,14H,2,7-8H2,1H3. The van der Waals surface area contributed by atoms with Crippen molar-refractivity contribution < 1.29 is 0 Å². The van der Waals surface area contributed by atoms with E-state index in [0.29, 0.717) is 0 Å². The van der Waals surface area contributed by atoms with Gasteiger partial charge in [0, 0.05) is 25.0 Å². The van der Waals surface area contributed by atoms with E-state index in [1.807, 2.05) is 12.3 Å². The Balaban J connectivity index is 2.30. The molecule has 0 aliphatic carbocycles. The second kappa shape index (κ2) is 3.67. The van der Waals surface area contributed by atoms with Crippen molar-refractivity contribution >= 4 is 22.3 Å². The number of fused-ring (bicyclic) bond motifs is 3. The molecule has 1 aliphatic heterocycles. The molecule has 0 atom stereocenters. The van der Waals surface area contributed by atoms with Crippen LogP contribution < -0.4 is 10.2 Å². The van der Waals surface area contributed by atoms with Crippen molar-refractivity contribution in [2.24, 2.45) is 0 Å². The van der Waals surface area contributed by atoms with Gasteiger partial charge >= 0.3 is 0 Å². The zero-order valence-electron chi connectivity index (χ0n) is 9.40. The minimum absolute atomic E-state index is 1.00. The van der Waals surface area contributed by atoms with Crippen molar-refractivity contribution in [3.05, 3.63) is 30.5 Å². The second-order valence-corrected chi connectivity index (χ2v) is 4.04. The Hall–Kier alpha value is -1.77. The van der Waals surface area contributed by atoms with Crippen LogP contribution in [-0.4, -0.2) is 24.6 Å². The van der Waals surface area contributed by atoms with Crippen LogP contribution in [0.25, 0.3) is 10.9 Å². The third-order valence-electron chi connectivity index (χ3n) is 3.14. The van der Waals surface area contributed by atoms with Gasteiger partial charge in [-0.2, -0.15) is 0 Å². The SMILES string of the molecule is CCN1CCNc2cnc3ccccc3c21. The third-order valence-corrected chi connectivity index (χ3v) is 3.14. The van der Waals surface area contributed by atoms with Crippen molar-refractivity contribution in [2.45, 2.75) is 6.92 Å². The molecule has 0 spiro atoms. The van der Waals surface area contributed by atoms with Crippen LogP contribution >= 0.6 is 0 Å². The maximum Gasteiger partial charge on any atom is 0.0771 e. The Morgan fingerprint density at radius 2 is 2.25 bits per heavy atom. The van der Waals surface area contributed by atoms with Gasteiger partial charge in [0.05, 0.1) is 23.1 Å². The number of aromatic nitrogens is 1. The molecule has 0 fully saturated rings. The predicted molar refractivity (Wildman–Crippen MR) is 68.1 cm³/mol. The fourth-order valence-corrected chi connectivity index (χ4v) is 2.35. The molecule has 1 aromatic carbocycles. The zero-order chi connectivity index (χ0) is 11.0. The van der Waals surface area contributed by atoms with Gasteiger partial charge in [-0.05, 0) is 13.0 Å². The summed E-state index contributed by atoms with van der Waals surface area (Å²) in [6, 6.07) is 8.33. The van der Waals surface area contributed by atoms with E-state index in [0.717, 1.165) is 30.8 Å². The summed E-state index contributed by atoms with van der Waals surface area (Å²) in [6.07, 6.45) is 1.94. The molecule has 3 heteroatoms. The highest BCUT2D eigenvalue weighted by atomic mass is 15.2. The highest BCUT2D eigenvalue weighted by molar-refractivity contribution is 5.98. The lowest BCUT2D eigenvalue weighted by Gasteiger charge is -2.31. The minimum atomic E-state index is 1.00. The Kier molecular flexibility index (Phi) is 2.17. The molecule has 3 nitrogen and oxygen atoms in total. The molecule has 16 heavy (non-hydrogen) atoms. The molecule has 82 valence electrons. The van der Waals surface area contributed by atoms with Gasteiger partial charge in [0.2, 0.25) is 0 Å². The summed E-state index contributed by atoms with van der Waals surface area (Å²) in [4.78, 5) is 6.89. The van der Waals surface area contributed by atoms with Crippen molar-refractivity contribution in [1.29, 1.82) is 0 Å². The molecule has 0 amide bonds. The zero-order valence-corrected chi connectivity index (χ0v) is 9.40. The Labute approximate surface area is 95.1 Å². The van der Waals surface area contributed by atoms with Crippen LogP contribution in [0.3, 0.4) is 0 Å². The lowest BCUT2D eigenvalue weighted by Crippen LogP contribution is -2.33. The topological polar surface area (TPSA) is 28.2 Å². The van der Waals surface area contributed by atoms with E-state index in [9.17, 15) is 0 Å². The van der Waals surface area contributed by atoms with Crippen LogP contribution in [0.5, 0.6) is 0 Å². The van der Waals surface area contributed by atoms with Gasteiger partial charge in [0.1, 0.15) is 0 Å². The van der Waals surface area contributed by atoms with E-state index in [2.05, 4.69) is 40.3 Å². The first-order valence-corrected chi connectivity index (χ1v) is 5.76. The molecule has 0 saturated carbocycles. The van der Waals surface area contributed by atoms with E-state index < -0.39 is 0 Å². The Morgan fingerprint density at radius 3 is 3.12 bits per heavy atom. The number of anilines is 2. The number of hydrogen-bond acceptors (Lipinski definition) is 3. The largest absolute Gasteiger partial charge is 0.380 e. The van der Waals surface area contributed by atoms with E-state index >= 15 is 0 Å². The smallest absolute Gasteiger partial charge is 0.0771 e. The lowest BCUT2D eigenvalue weighted by atomic mass is 10.1. The average molecular weight is 213 g/mol. The van der Waals surface area contributed by atoms with Crippen molar-refractivity contribution in [1.82, 2.24) is 4.98 Å². The molecular weight excluding hydrogens is 198 g/mol. The molecule has 2 aromatic rings. The number of pyridine rings is 1. The summed E-state index contributed by atoms with van der Waals surface area (Å²) in [5.74, 6) is 0. The average Bonchev–Trinajstić information content (AvgIpc) is 2.37. The van der Waals surface area contributed by atoms with Crippen LogP contribution in [0, 0.1) is 0 Å². The van der Waals surface area contributed by atoms with Crippen LogP contribution in [0.15, 0.2) is 30.5 Å². The molecule has 1 N–H and O–H groups in total. The Morgan fingerprint density at radius 1 is 1.38 bits per heavy atom. The van der Waals surface area contributed by atoms with E-state index in [1.54, 1.807) is 0 Å². The first kappa shape index (κ1) is 9.46. The molecule has 0 saturated heterocycles. The van der Waals surface area contributed by atoms with Crippen molar-refractivity contribution in [3.8, 4) is 0 Å². The monoisotopic (exact) mass is 213 g/mol. The normalized spacial score (nSPS) is 14.7. The number of hydrogen-bond donors (Lipinski definition) is 1. The highest BCUT2D eigenvalue weighted by Crippen LogP contribution is 2.34. The molecule has 0 unspecified atom stereocenters.